The Morgan fingerprint density at radius 1 is 1.12 bits per heavy atom. The van der Waals surface area contributed by atoms with Gasteiger partial charge in [-0.2, -0.15) is 5.26 Å². The molecule has 0 aliphatic carbocycles. The van der Waals surface area contributed by atoms with E-state index in [1.165, 1.54) is 0 Å². The van der Waals surface area contributed by atoms with Crippen molar-refractivity contribution in [2.24, 2.45) is 0 Å². The van der Waals surface area contributed by atoms with Crippen molar-refractivity contribution in [1.29, 1.82) is 5.26 Å². The minimum atomic E-state index is -1.14. The van der Waals surface area contributed by atoms with Gasteiger partial charge in [0.15, 0.2) is 0 Å². The van der Waals surface area contributed by atoms with Gasteiger partial charge in [-0.3, -0.25) is 9.69 Å². The molecule has 1 atom stereocenters. The van der Waals surface area contributed by atoms with E-state index in [0.29, 0.717) is 16.9 Å². The molecular formula is C20H19N3O3. The monoisotopic (exact) mass is 349 g/mol. The van der Waals surface area contributed by atoms with Crippen LogP contribution in [0.3, 0.4) is 0 Å². The average molecular weight is 349 g/mol. The van der Waals surface area contributed by atoms with Crippen molar-refractivity contribution in [2.45, 2.75) is 19.4 Å². The van der Waals surface area contributed by atoms with Gasteiger partial charge in [0.2, 0.25) is 0 Å². The molecule has 3 amide bonds. The normalized spacial score (nSPS) is 19.2. The van der Waals surface area contributed by atoms with E-state index < -0.39 is 11.6 Å². The number of carbonyl (C=O) groups excluding carboxylic acids is 2. The van der Waals surface area contributed by atoms with Gasteiger partial charge in [-0.05, 0) is 43.7 Å². The highest BCUT2D eigenvalue weighted by molar-refractivity contribution is 6.07. The third-order valence-electron chi connectivity index (χ3n) is 4.47. The van der Waals surface area contributed by atoms with E-state index in [0.717, 1.165) is 10.5 Å². The molecular weight excluding hydrogens is 330 g/mol. The molecule has 0 radical (unpaired) electrons. The lowest BCUT2D eigenvalue weighted by Gasteiger charge is -2.22. The molecule has 1 saturated heterocycles. The number of nitrogens with zero attached hydrogens (tertiary/aromatic N) is 2. The van der Waals surface area contributed by atoms with Gasteiger partial charge in [0.1, 0.15) is 17.9 Å². The van der Waals surface area contributed by atoms with Crippen LogP contribution in [0, 0.1) is 18.3 Å². The number of nitriles is 1. The van der Waals surface area contributed by atoms with Gasteiger partial charge in [0.05, 0.1) is 18.2 Å². The largest absolute Gasteiger partial charge is 0.492 e. The number of benzene rings is 2. The van der Waals surface area contributed by atoms with Crippen molar-refractivity contribution in [2.75, 3.05) is 13.2 Å². The fraction of sp³-hybridized carbons (Fsp3) is 0.250. The zero-order chi connectivity index (χ0) is 18.7. The lowest BCUT2D eigenvalue weighted by atomic mass is 9.91. The Morgan fingerprint density at radius 2 is 1.77 bits per heavy atom. The van der Waals surface area contributed by atoms with Crippen LogP contribution in [0.2, 0.25) is 0 Å². The van der Waals surface area contributed by atoms with Crippen molar-refractivity contribution >= 4 is 11.9 Å². The number of rotatable bonds is 5. The van der Waals surface area contributed by atoms with Crippen molar-refractivity contribution in [3.05, 3.63) is 65.2 Å². The molecule has 0 spiro atoms. The number of ether oxygens (including phenoxy) is 1. The Kier molecular flexibility index (Phi) is 4.63. The fourth-order valence-corrected chi connectivity index (χ4v) is 2.86. The Hall–Kier alpha value is -3.33. The summed E-state index contributed by atoms with van der Waals surface area (Å²) in [6.07, 6.45) is 0. The number of amides is 3. The summed E-state index contributed by atoms with van der Waals surface area (Å²) in [6.45, 7) is 4.02. The first-order valence-electron chi connectivity index (χ1n) is 8.28. The summed E-state index contributed by atoms with van der Waals surface area (Å²) in [4.78, 5) is 26.2. The second kappa shape index (κ2) is 6.89. The molecule has 0 unspecified atom stereocenters. The maximum Gasteiger partial charge on any atom is 0.325 e. The van der Waals surface area contributed by atoms with Gasteiger partial charge >= 0.3 is 6.03 Å². The van der Waals surface area contributed by atoms with Crippen molar-refractivity contribution < 1.29 is 14.3 Å². The van der Waals surface area contributed by atoms with Crippen LogP contribution in [0.5, 0.6) is 5.75 Å². The maximum atomic E-state index is 12.8. The van der Waals surface area contributed by atoms with Crippen molar-refractivity contribution in [3.63, 3.8) is 0 Å². The molecule has 1 fully saturated rings. The molecule has 1 heterocycles. The number of aryl methyl sites for hydroxylation is 1. The first kappa shape index (κ1) is 17.5. The average Bonchev–Trinajstić information content (AvgIpc) is 2.87. The molecule has 2 aromatic rings. The van der Waals surface area contributed by atoms with Gasteiger partial charge in [0.25, 0.3) is 5.91 Å². The maximum absolute atomic E-state index is 12.8. The van der Waals surface area contributed by atoms with Crippen LogP contribution in [-0.4, -0.2) is 30.0 Å². The first-order valence-corrected chi connectivity index (χ1v) is 8.28. The van der Waals surface area contributed by atoms with E-state index in [2.05, 4.69) is 5.32 Å². The highest BCUT2D eigenvalue weighted by Gasteiger charge is 2.48. The number of carbonyl (C=O) groups is 2. The molecule has 0 saturated carbocycles. The van der Waals surface area contributed by atoms with Crippen LogP contribution in [0.15, 0.2) is 48.5 Å². The summed E-state index contributed by atoms with van der Waals surface area (Å²) in [5.41, 5.74) is 1.12. The van der Waals surface area contributed by atoms with E-state index in [9.17, 15) is 9.59 Å². The second-order valence-corrected chi connectivity index (χ2v) is 6.36. The second-order valence-electron chi connectivity index (χ2n) is 6.36. The lowest BCUT2D eigenvalue weighted by Crippen LogP contribution is -2.41. The molecule has 1 N–H and O–H groups in total. The highest BCUT2D eigenvalue weighted by atomic mass is 16.5. The van der Waals surface area contributed by atoms with Gasteiger partial charge in [0, 0.05) is 0 Å². The lowest BCUT2D eigenvalue weighted by molar-refractivity contribution is -0.131. The predicted molar refractivity (Wildman–Crippen MR) is 95.4 cm³/mol. The molecule has 0 aromatic heterocycles. The third-order valence-corrected chi connectivity index (χ3v) is 4.47. The molecule has 26 heavy (non-hydrogen) atoms. The number of hydrogen-bond donors (Lipinski definition) is 1. The first-order chi connectivity index (χ1) is 12.4. The van der Waals surface area contributed by atoms with Crippen LogP contribution >= 0.6 is 0 Å². The number of imide groups is 1. The predicted octanol–water partition coefficient (Wildman–Crippen LogP) is 2.71. The Morgan fingerprint density at radius 3 is 2.38 bits per heavy atom. The summed E-state index contributed by atoms with van der Waals surface area (Å²) in [5.74, 6) is 0.359. The molecule has 132 valence electrons. The molecule has 6 heteroatoms. The molecule has 1 aliphatic heterocycles. The van der Waals surface area contributed by atoms with E-state index in [-0.39, 0.29) is 19.1 Å². The number of urea groups is 1. The van der Waals surface area contributed by atoms with E-state index in [4.69, 9.17) is 10.00 Å². The zero-order valence-electron chi connectivity index (χ0n) is 14.7. The summed E-state index contributed by atoms with van der Waals surface area (Å²) in [5, 5.41) is 11.6. The smallest absolute Gasteiger partial charge is 0.325 e. The van der Waals surface area contributed by atoms with Crippen LogP contribution in [0.4, 0.5) is 4.79 Å². The Balaban J connectivity index is 1.67. The highest BCUT2D eigenvalue weighted by Crippen LogP contribution is 2.28. The summed E-state index contributed by atoms with van der Waals surface area (Å²) >= 11 is 0. The van der Waals surface area contributed by atoms with Gasteiger partial charge in [-0.15, -0.1) is 0 Å². The summed E-state index contributed by atoms with van der Waals surface area (Å²) in [7, 11) is 0. The van der Waals surface area contributed by atoms with E-state index >= 15 is 0 Å². The zero-order valence-corrected chi connectivity index (χ0v) is 14.7. The molecule has 2 aromatic carbocycles. The SMILES string of the molecule is Cc1ccc(OCCN2C(=O)N[C@@](C)(c3ccc(C#N)cc3)C2=O)cc1. The molecule has 0 bridgehead atoms. The molecule has 3 rings (SSSR count). The van der Waals surface area contributed by atoms with Crippen LogP contribution in [0.1, 0.15) is 23.6 Å². The summed E-state index contributed by atoms with van der Waals surface area (Å²) in [6, 6.07) is 15.8. The Bertz CT molecular complexity index is 869. The minimum Gasteiger partial charge on any atom is -0.492 e. The fourth-order valence-electron chi connectivity index (χ4n) is 2.86. The number of nitrogens with one attached hydrogen (secondary N) is 1. The quantitative estimate of drug-likeness (QED) is 0.842. The topological polar surface area (TPSA) is 82.4 Å². The van der Waals surface area contributed by atoms with Crippen LogP contribution in [-0.2, 0) is 10.3 Å². The number of hydrogen-bond acceptors (Lipinski definition) is 4. The molecule has 1 aliphatic rings. The van der Waals surface area contributed by atoms with Gasteiger partial charge in [-0.1, -0.05) is 29.8 Å². The standard InChI is InChI=1S/C20H19N3O3/c1-14-3-9-17(10-4-14)26-12-11-23-18(24)20(2,22-19(23)25)16-7-5-15(13-21)6-8-16/h3-10H,11-12H2,1-2H3,(H,22,25)/t20-/m0/s1. The van der Waals surface area contributed by atoms with E-state index in [1.807, 2.05) is 37.3 Å². The van der Waals surface area contributed by atoms with Gasteiger partial charge in [-0.25, -0.2) is 4.79 Å². The van der Waals surface area contributed by atoms with Crippen molar-refractivity contribution in [1.82, 2.24) is 10.2 Å². The van der Waals surface area contributed by atoms with Gasteiger partial charge < -0.3 is 10.1 Å². The Labute approximate surface area is 152 Å². The molecule has 6 nitrogen and oxygen atoms in total. The summed E-state index contributed by atoms with van der Waals surface area (Å²) < 4.78 is 5.61. The van der Waals surface area contributed by atoms with E-state index in [1.54, 1.807) is 31.2 Å². The van der Waals surface area contributed by atoms with Crippen molar-refractivity contribution in [3.8, 4) is 11.8 Å². The third kappa shape index (κ3) is 3.24. The van der Waals surface area contributed by atoms with Crippen LogP contribution < -0.4 is 10.1 Å². The minimum absolute atomic E-state index is 0.157. The van der Waals surface area contributed by atoms with Crippen LogP contribution in [0.25, 0.3) is 0 Å².